The van der Waals surface area contributed by atoms with E-state index in [-0.39, 0.29) is 0 Å². The lowest BCUT2D eigenvalue weighted by Gasteiger charge is -1.96. The van der Waals surface area contributed by atoms with Gasteiger partial charge in [0.05, 0.1) is 6.20 Å². The molecule has 0 unspecified atom stereocenters. The molecule has 0 saturated heterocycles. The molecule has 4 nitrogen and oxygen atoms in total. The Kier molecular flexibility index (Phi) is 2.08. The van der Waals surface area contributed by atoms with E-state index in [0.717, 1.165) is 12.1 Å². The Morgan fingerprint density at radius 2 is 2.06 bits per heavy atom. The molecular weight excluding hydrogens is 246 g/mol. The Balaban J connectivity index is 2.13. The largest absolute Gasteiger partial charge is 0.382 e. The first-order valence-electron chi connectivity index (χ1n) is 4.70. The number of hydrogen-bond acceptors (Lipinski definition) is 4. The lowest BCUT2D eigenvalue weighted by Crippen LogP contribution is -1.87. The first-order chi connectivity index (χ1) is 8.13. The van der Waals surface area contributed by atoms with Gasteiger partial charge in [0, 0.05) is 5.56 Å². The number of nitrogen functional groups attached to an aromatic ring is 1. The van der Waals surface area contributed by atoms with E-state index in [0.29, 0.717) is 21.3 Å². The second kappa shape index (κ2) is 3.49. The van der Waals surface area contributed by atoms with Gasteiger partial charge in [0.25, 0.3) is 0 Å². The number of halogens is 2. The zero-order valence-electron chi connectivity index (χ0n) is 8.39. The number of nitrogens with zero attached hydrogens (tertiary/aromatic N) is 3. The lowest BCUT2D eigenvalue weighted by molar-refractivity contribution is 0.509. The Bertz CT molecular complexity index is 672. The van der Waals surface area contributed by atoms with Gasteiger partial charge < -0.3 is 5.73 Å². The highest BCUT2D eigenvalue weighted by molar-refractivity contribution is 7.19. The summed E-state index contributed by atoms with van der Waals surface area (Å²) in [5.74, 6) is -1.39. The molecule has 0 atom stereocenters. The van der Waals surface area contributed by atoms with Gasteiger partial charge in [-0.05, 0) is 18.2 Å². The van der Waals surface area contributed by atoms with Crippen LogP contribution < -0.4 is 5.73 Å². The van der Waals surface area contributed by atoms with Crippen LogP contribution in [-0.2, 0) is 0 Å². The number of benzene rings is 1. The number of imidazole rings is 1. The van der Waals surface area contributed by atoms with Crippen LogP contribution >= 0.6 is 11.3 Å². The number of nitrogens with two attached hydrogens (primary N) is 1. The summed E-state index contributed by atoms with van der Waals surface area (Å²) >= 11 is 1.26. The maximum Gasteiger partial charge on any atom is 0.214 e. The minimum atomic E-state index is -0.894. The van der Waals surface area contributed by atoms with Gasteiger partial charge in [0.15, 0.2) is 11.6 Å². The van der Waals surface area contributed by atoms with Crippen molar-refractivity contribution >= 4 is 22.1 Å². The van der Waals surface area contributed by atoms with E-state index in [9.17, 15) is 8.78 Å². The quantitative estimate of drug-likeness (QED) is 0.723. The van der Waals surface area contributed by atoms with E-state index in [1.54, 1.807) is 6.20 Å². The predicted octanol–water partition coefficient (Wildman–Crippen LogP) is 2.32. The highest BCUT2D eigenvalue weighted by Gasteiger charge is 2.10. The van der Waals surface area contributed by atoms with Gasteiger partial charge in [0.1, 0.15) is 10.8 Å². The molecule has 86 valence electrons. The monoisotopic (exact) mass is 252 g/mol. The fourth-order valence-corrected chi connectivity index (χ4v) is 2.35. The van der Waals surface area contributed by atoms with Crippen molar-refractivity contribution in [3.05, 3.63) is 36.0 Å². The van der Waals surface area contributed by atoms with Crippen molar-refractivity contribution in [2.45, 2.75) is 0 Å². The first-order valence-corrected chi connectivity index (χ1v) is 5.52. The van der Waals surface area contributed by atoms with Crippen LogP contribution in [0.4, 0.5) is 14.6 Å². The summed E-state index contributed by atoms with van der Waals surface area (Å²) in [5, 5.41) is 4.74. The zero-order chi connectivity index (χ0) is 12.0. The molecule has 0 saturated carbocycles. The molecular formula is C10H6F2N4S. The van der Waals surface area contributed by atoms with Crippen molar-refractivity contribution in [2.75, 3.05) is 5.73 Å². The standard InChI is InChI=1S/C10H6F2N4S/c11-6-2-1-5(3-7(6)12)9-15-16-4-8(13)14-10(16)17-9/h1-4H,13H2. The van der Waals surface area contributed by atoms with E-state index in [1.807, 2.05) is 0 Å². The molecule has 3 rings (SSSR count). The third kappa shape index (κ3) is 1.64. The summed E-state index contributed by atoms with van der Waals surface area (Å²) in [6.07, 6.45) is 1.56. The van der Waals surface area contributed by atoms with Gasteiger partial charge in [-0.2, -0.15) is 5.10 Å². The fraction of sp³-hybridized carbons (Fsp3) is 0. The molecule has 2 N–H and O–H groups in total. The molecule has 0 bridgehead atoms. The van der Waals surface area contributed by atoms with Crippen molar-refractivity contribution in [3.8, 4) is 10.6 Å². The van der Waals surface area contributed by atoms with Crippen molar-refractivity contribution in [3.63, 3.8) is 0 Å². The molecule has 0 aliphatic rings. The fourth-order valence-electron chi connectivity index (χ4n) is 1.46. The maximum atomic E-state index is 13.1. The summed E-state index contributed by atoms with van der Waals surface area (Å²) in [6.45, 7) is 0. The van der Waals surface area contributed by atoms with E-state index >= 15 is 0 Å². The summed E-state index contributed by atoms with van der Waals surface area (Å²) in [6, 6.07) is 3.65. The maximum absolute atomic E-state index is 13.1. The van der Waals surface area contributed by atoms with E-state index < -0.39 is 11.6 Å². The minimum absolute atomic E-state index is 0.376. The van der Waals surface area contributed by atoms with E-state index in [4.69, 9.17) is 5.73 Å². The first kappa shape index (κ1) is 10.2. The van der Waals surface area contributed by atoms with Crippen LogP contribution in [0, 0.1) is 11.6 Å². The van der Waals surface area contributed by atoms with Crippen LogP contribution in [0.15, 0.2) is 24.4 Å². The molecule has 17 heavy (non-hydrogen) atoms. The molecule has 3 aromatic rings. The highest BCUT2D eigenvalue weighted by Crippen LogP contribution is 2.26. The van der Waals surface area contributed by atoms with Crippen molar-refractivity contribution < 1.29 is 8.78 Å². The Hall–Kier alpha value is -2.02. The average molecular weight is 252 g/mol. The average Bonchev–Trinajstić information content (AvgIpc) is 2.79. The van der Waals surface area contributed by atoms with Crippen molar-refractivity contribution in [2.24, 2.45) is 0 Å². The van der Waals surface area contributed by atoms with Crippen LogP contribution in [0.1, 0.15) is 0 Å². The van der Waals surface area contributed by atoms with Gasteiger partial charge in [0.2, 0.25) is 4.96 Å². The number of hydrogen-bond donors (Lipinski definition) is 1. The molecule has 0 spiro atoms. The van der Waals surface area contributed by atoms with Crippen LogP contribution in [0.25, 0.3) is 15.5 Å². The molecule has 1 aromatic carbocycles. The van der Waals surface area contributed by atoms with Crippen molar-refractivity contribution in [1.29, 1.82) is 0 Å². The lowest BCUT2D eigenvalue weighted by atomic mass is 10.2. The summed E-state index contributed by atoms with van der Waals surface area (Å²) in [5.41, 5.74) is 6.00. The summed E-state index contributed by atoms with van der Waals surface area (Å²) in [4.78, 5) is 4.64. The van der Waals surface area contributed by atoms with Gasteiger partial charge in [-0.1, -0.05) is 11.3 Å². The minimum Gasteiger partial charge on any atom is -0.382 e. The molecule has 0 aliphatic heterocycles. The van der Waals surface area contributed by atoms with E-state index in [1.165, 1.54) is 21.9 Å². The van der Waals surface area contributed by atoms with Gasteiger partial charge in [-0.15, -0.1) is 0 Å². The smallest absolute Gasteiger partial charge is 0.214 e. The number of rotatable bonds is 1. The molecule has 7 heteroatoms. The molecule has 0 fully saturated rings. The zero-order valence-corrected chi connectivity index (χ0v) is 9.21. The Morgan fingerprint density at radius 1 is 1.24 bits per heavy atom. The van der Waals surface area contributed by atoms with Gasteiger partial charge in [-0.3, -0.25) is 0 Å². The molecule has 2 heterocycles. The second-order valence-electron chi connectivity index (χ2n) is 3.43. The summed E-state index contributed by atoms with van der Waals surface area (Å²) < 4.78 is 27.4. The second-order valence-corrected chi connectivity index (χ2v) is 4.38. The summed E-state index contributed by atoms with van der Waals surface area (Å²) in [7, 11) is 0. The van der Waals surface area contributed by atoms with Crippen LogP contribution in [0.3, 0.4) is 0 Å². The molecule has 0 aliphatic carbocycles. The number of anilines is 1. The molecule has 0 radical (unpaired) electrons. The topological polar surface area (TPSA) is 56.2 Å². The normalized spacial score (nSPS) is 11.2. The number of aromatic nitrogens is 3. The third-order valence-corrected chi connectivity index (χ3v) is 3.20. The van der Waals surface area contributed by atoms with Crippen molar-refractivity contribution in [1.82, 2.24) is 14.6 Å². The van der Waals surface area contributed by atoms with E-state index in [2.05, 4.69) is 10.1 Å². The SMILES string of the molecule is Nc1cn2nc(-c3ccc(F)c(F)c3)sc2n1. The van der Waals surface area contributed by atoms with Crippen LogP contribution in [0.2, 0.25) is 0 Å². The van der Waals surface area contributed by atoms with Gasteiger partial charge >= 0.3 is 0 Å². The third-order valence-electron chi connectivity index (χ3n) is 2.23. The van der Waals surface area contributed by atoms with Crippen LogP contribution in [0.5, 0.6) is 0 Å². The van der Waals surface area contributed by atoms with Gasteiger partial charge in [-0.25, -0.2) is 18.3 Å². The predicted molar refractivity (Wildman–Crippen MR) is 60.6 cm³/mol. The molecule has 2 aromatic heterocycles. The number of fused-ring (bicyclic) bond motifs is 1. The Morgan fingerprint density at radius 3 is 2.76 bits per heavy atom. The van der Waals surface area contributed by atoms with Crippen LogP contribution in [-0.4, -0.2) is 14.6 Å². The molecule has 0 amide bonds. The Labute approximate surface area is 98.3 Å². The highest BCUT2D eigenvalue weighted by atomic mass is 32.1.